The van der Waals surface area contributed by atoms with Crippen LogP contribution in [0.4, 0.5) is 14.9 Å². The highest BCUT2D eigenvalue weighted by Crippen LogP contribution is 2.19. The van der Waals surface area contributed by atoms with Crippen LogP contribution in [0.15, 0.2) is 18.2 Å². The molecule has 0 aliphatic carbocycles. The number of aryl methyl sites for hydroxylation is 1. The summed E-state index contributed by atoms with van der Waals surface area (Å²) in [5.41, 5.74) is 0.853. The number of amides is 2. The molecule has 114 valence electrons. The molecule has 3 N–H and O–H groups in total. The van der Waals surface area contributed by atoms with Gasteiger partial charge >= 0.3 is 12.0 Å². The Morgan fingerprint density at radius 3 is 2.81 bits per heavy atom. The van der Waals surface area contributed by atoms with Crippen molar-refractivity contribution in [3.63, 3.8) is 0 Å². The Balaban J connectivity index is 1.77. The molecule has 1 aliphatic rings. The van der Waals surface area contributed by atoms with Crippen LogP contribution in [0.3, 0.4) is 0 Å². The first-order chi connectivity index (χ1) is 9.95. The van der Waals surface area contributed by atoms with E-state index in [1.165, 1.54) is 6.07 Å². The number of ether oxygens (including phenoxy) is 1. The van der Waals surface area contributed by atoms with Crippen LogP contribution in [0.1, 0.15) is 18.4 Å². The van der Waals surface area contributed by atoms with Gasteiger partial charge in [0.05, 0.1) is 6.10 Å². The molecule has 6 nitrogen and oxygen atoms in total. The molecule has 1 fully saturated rings. The average molecular weight is 296 g/mol. The zero-order valence-electron chi connectivity index (χ0n) is 11.6. The van der Waals surface area contributed by atoms with E-state index in [1.807, 2.05) is 0 Å². The third-order valence-corrected chi connectivity index (χ3v) is 3.30. The first-order valence-electron chi connectivity index (χ1n) is 6.65. The van der Waals surface area contributed by atoms with Crippen molar-refractivity contribution >= 4 is 17.7 Å². The maximum atomic E-state index is 13.3. The lowest BCUT2D eigenvalue weighted by Gasteiger charge is -2.13. The van der Waals surface area contributed by atoms with Crippen molar-refractivity contribution in [3.05, 3.63) is 29.6 Å². The fourth-order valence-electron chi connectivity index (χ4n) is 2.09. The van der Waals surface area contributed by atoms with Crippen molar-refractivity contribution < 1.29 is 23.8 Å². The van der Waals surface area contributed by atoms with Crippen molar-refractivity contribution in [2.75, 3.05) is 11.9 Å². The van der Waals surface area contributed by atoms with Crippen LogP contribution in [-0.2, 0) is 9.53 Å². The molecule has 0 radical (unpaired) electrons. The fourth-order valence-corrected chi connectivity index (χ4v) is 2.09. The SMILES string of the molecule is Cc1ccc(NC(=O)NCC2CCC(C(=O)O)O2)cc1F. The summed E-state index contributed by atoms with van der Waals surface area (Å²) in [4.78, 5) is 22.4. The summed E-state index contributed by atoms with van der Waals surface area (Å²) in [7, 11) is 0. The Morgan fingerprint density at radius 2 is 2.19 bits per heavy atom. The van der Waals surface area contributed by atoms with Gasteiger partial charge in [0, 0.05) is 12.2 Å². The summed E-state index contributed by atoms with van der Waals surface area (Å²) in [6.45, 7) is 1.85. The first kappa shape index (κ1) is 15.2. The molecule has 1 saturated heterocycles. The summed E-state index contributed by atoms with van der Waals surface area (Å²) in [5.74, 6) is -1.38. The summed E-state index contributed by atoms with van der Waals surface area (Å²) in [6, 6.07) is 3.93. The number of carboxylic acids is 1. The second-order valence-corrected chi connectivity index (χ2v) is 4.96. The summed E-state index contributed by atoms with van der Waals surface area (Å²) in [6.07, 6.45) is -0.0965. The van der Waals surface area contributed by atoms with Crippen LogP contribution in [0.5, 0.6) is 0 Å². The number of nitrogens with one attached hydrogen (secondary N) is 2. The smallest absolute Gasteiger partial charge is 0.332 e. The van der Waals surface area contributed by atoms with Crippen LogP contribution >= 0.6 is 0 Å². The van der Waals surface area contributed by atoms with Crippen LogP contribution < -0.4 is 10.6 Å². The van der Waals surface area contributed by atoms with E-state index in [4.69, 9.17) is 9.84 Å². The zero-order chi connectivity index (χ0) is 15.4. The van der Waals surface area contributed by atoms with Gasteiger partial charge in [-0.2, -0.15) is 0 Å². The van der Waals surface area contributed by atoms with Gasteiger partial charge in [-0.05, 0) is 37.5 Å². The van der Waals surface area contributed by atoms with E-state index in [0.29, 0.717) is 24.1 Å². The monoisotopic (exact) mass is 296 g/mol. The Bertz CT molecular complexity index is 550. The maximum absolute atomic E-state index is 13.3. The number of rotatable bonds is 4. The number of carbonyl (C=O) groups is 2. The Kier molecular flexibility index (Phi) is 4.74. The van der Waals surface area contributed by atoms with E-state index >= 15 is 0 Å². The van der Waals surface area contributed by atoms with Crippen LogP contribution in [0.2, 0.25) is 0 Å². The molecule has 0 bridgehead atoms. The van der Waals surface area contributed by atoms with Crippen molar-refractivity contribution in [2.45, 2.75) is 32.0 Å². The van der Waals surface area contributed by atoms with Crippen LogP contribution in [-0.4, -0.2) is 35.9 Å². The highest BCUT2D eigenvalue weighted by Gasteiger charge is 2.30. The van der Waals surface area contributed by atoms with Crippen LogP contribution in [0, 0.1) is 12.7 Å². The molecular formula is C14H17FN2O4. The quantitative estimate of drug-likeness (QED) is 0.791. The molecule has 1 aromatic carbocycles. The Labute approximate surface area is 121 Å². The van der Waals surface area contributed by atoms with Gasteiger partial charge in [-0.1, -0.05) is 6.07 Å². The predicted octanol–water partition coefficient (Wildman–Crippen LogP) is 1.89. The van der Waals surface area contributed by atoms with Gasteiger partial charge in [-0.3, -0.25) is 0 Å². The predicted molar refractivity (Wildman–Crippen MR) is 73.7 cm³/mol. The summed E-state index contributed by atoms with van der Waals surface area (Å²) in [5, 5.41) is 13.9. The number of carboxylic acid groups (broad SMARTS) is 1. The molecule has 2 amide bonds. The second-order valence-electron chi connectivity index (χ2n) is 4.96. The Hall–Kier alpha value is -2.15. The van der Waals surface area contributed by atoms with Gasteiger partial charge in [-0.25, -0.2) is 14.0 Å². The minimum Gasteiger partial charge on any atom is -0.479 e. The van der Waals surface area contributed by atoms with E-state index in [0.717, 1.165) is 0 Å². The van der Waals surface area contributed by atoms with Crippen LogP contribution in [0.25, 0.3) is 0 Å². The molecular weight excluding hydrogens is 279 g/mol. The van der Waals surface area contributed by atoms with Crippen molar-refractivity contribution in [1.82, 2.24) is 5.32 Å². The lowest BCUT2D eigenvalue weighted by Crippen LogP contribution is -2.35. The highest BCUT2D eigenvalue weighted by atomic mass is 19.1. The number of hydrogen-bond acceptors (Lipinski definition) is 3. The second kappa shape index (κ2) is 6.53. The molecule has 0 aromatic heterocycles. The first-order valence-corrected chi connectivity index (χ1v) is 6.65. The number of urea groups is 1. The molecule has 0 saturated carbocycles. The number of hydrogen-bond donors (Lipinski definition) is 3. The molecule has 0 spiro atoms. The van der Waals surface area contributed by atoms with Gasteiger partial charge in [-0.15, -0.1) is 0 Å². The number of halogens is 1. The third kappa shape index (κ3) is 4.16. The van der Waals surface area contributed by atoms with Crippen molar-refractivity contribution in [1.29, 1.82) is 0 Å². The molecule has 21 heavy (non-hydrogen) atoms. The van der Waals surface area contributed by atoms with Gasteiger partial charge in [0.25, 0.3) is 0 Å². The minimum atomic E-state index is -0.989. The van der Waals surface area contributed by atoms with Gasteiger partial charge in [0.15, 0.2) is 6.10 Å². The van der Waals surface area contributed by atoms with E-state index in [-0.39, 0.29) is 12.6 Å². The Morgan fingerprint density at radius 1 is 1.43 bits per heavy atom. The number of carbonyl (C=O) groups excluding carboxylic acids is 1. The standard InChI is InChI=1S/C14H17FN2O4/c1-8-2-3-9(6-11(8)15)17-14(20)16-7-10-4-5-12(21-10)13(18)19/h2-3,6,10,12H,4-5,7H2,1H3,(H,18,19)(H2,16,17,20). The normalized spacial score (nSPS) is 21.0. The molecule has 2 atom stereocenters. The van der Waals surface area contributed by atoms with Crippen molar-refractivity contribution in [2.24, 2.45) is 0 Å². The molecule has 1 aromatic rings. The molecule has 7 heteroatoms. The minimum absolute atomic E-state index is 0.212. The zero-order valence-corrected chi connectivity index (χ0v) is 11.6. The molecule has 1 heterocycles. The topological polar surface area (TPSA) is 87.7 Å². The summed E-state index contributed by atoms with van der Waals surface area (Å²) < 4.78 is 18.6. The maximum Gasteiger partial charge on any atom is 0.332 e. The van der Waals surface area contributed by atoms with E-state index in [2.05, 4.69) is 10.6 Å². The summed E-state index contributed by atoms with van der Waals surface area (Å²) >= 11 is 0. The molecule has 2 unspecified atom stereocenters. The van der Waals surface area contributed by atoms with E-state index in [9.17, 15) is 14.0 Å². The van der Waals surface area contributed by atoms with E-state index in [1.54, 1.807) is 19.1 Å². The number of aliphatic carboxylic acids is 1. The number of benzene rings is 1. The lowest BCUT2D eigenvalue weighted by atomic mass is 10.2. The van der Waals surface area contributed by atoms with E-state index < -0.39 is 23.9 Å². The molecule has 1 aliphatic heterocycles. The van der Waals surface area contributed by atoms with Gasteiger partial charge in [0.1, 0.15) is 5.82 Å². The average Bonchev–Trinajstić information content (AvgIpc) is 2.90. The third-order valence-electron chi connectivity index (χ3n) is 3.30. The largest absolute Gasteiger partial charge is 0.479 e. The van der Waals surface area contributed by atoms with Gasteiger partial charge < -0.3 is 20.5 Å². The van der Waals surface area contributed by atoms with Gasteiger partial charge in [0.2, 0.25) is 0 Å². The fraction of sp³-hybridized carbons (Fsp3) is 0.429. The number of anilines is 1. The molecule has 2 rings (SSSR count). The highest BCUT2D eigenvalue weighted by molar-refractivity contribution is 5.89. The van der Waals surface area contributed by atoms with Crippen molar-refractivity contribution in [3.8, 4) is 0 Å². The lowest BCUT2D eigenvalue weighted by molar-refractivity contribution is -0.149.